The summed E-state index contributed by atoms with van der Waals surface area (Å²) >= 11 is 0. The summed E-state index contributed by atoms with van der Waals surface area (Å²) in [4.78, 5) is 11.7. The molecule has 0 spiro atoms. The largest absolute Gasteiger partial charge is 0.500 e. The van der Waals surface area contributed by atoms with Gasteiger partial charge in [0, 0.05) is 18.4 Å². The highest BCUT2D eigenvalue weighted by atomic mass is 16.5. The van der Waals surface area contributed by atoms with E-state index < -0.39 is 0 Å². The van der Waals surface area contributed by atoms with Crippen molar-refractivity contribution in [3.8, 4) is 0 Å². The molecule has 0 saturated carbocycles. The summed E-state index contributed by atoms with van der Waals surface area (Å²) in [6.07, 6.45) is 5.45. The van der Waals surface area contributed by atoms with Crippen molar-refractivity contribution in [1.82, 2.24) is 5.32 Å². The van der Waals surface area contributed by atoms with Gasteiger partial charge in [0.1, 0.15) is 0 Å². The van der Waals surface area contributed by atoms with Crippen LogP contribution in [0.25, 0.3) is 0 Å². The second-order valence-corrected chi connectivity index (χ2v) is 4.08. The van der Waals surface area contributed by atoms with Crippen LogP contribution in [0.15, 0.2) is 11.8 Å². The molecule has 0 aromatic rings. The average Bonchev–Trinajstić information content (AvgIpc) is 2.72. The molecule has 0 unspecified atom stereocenters. The van der Waals surface area contributed by atoms with Gasteiger partial charge in [0.15, 0.2) is 5.78 Å². The van der Waals surface area contributed by atoms with Crippen LogP contribution in [0.1, 0.15) is 25.7 Å². The molecule has 0 aromatic carbocycles. The molecule has 2 aliphatic heterocycles. The number of ketones is 1. The van der Waals surface area contributed by atoms with Crippen molar-refractivity contribution in [1.29, 1.82) is 0 Å². The van der Waals surface area contributed by atoms with Crippen LogP contribution in [-0.4, -0.2) is 25.5 Å². The van der Waals surface area contributed by atoms with Crippen LogP contribution in [0.5, 0.6) is 0 Å². The number of rotatable bonds is 3. The first-order chi connectivity index (χ1) is 6.86. The monoisotopic (exact) mass is 195 g/mol. The van der Waals surface area contributed by atoms with Gasteiger partial charge in [0.2, 0.25) is 0 Å². The van der Waals surface area contributed by atoms with Crippen molar-refractivity contribution < 1.29 is 9.53 Å². The van der Waals surface area contributed by atoms with Gasteiger partial charge in [-0.25, -0.2) is 0 Å². The second kappa shape index (κ2) is 4.60. The third-order valence-corrected chi connectivity index (χ3v) is 3.01. The van der Waals surface area contributed by atoms with Gasteiger partial charge in [-0.05, 0) is 31.8 Å². The number of carbonyl (C=O) groups excluding carboxylic acids is 1. The second-order valence-electron chi connectivity index (χ2n) is 4.08. The smallest absolute Gasteiger partial charge is 0.162 e. The molecule has 0 radical (unpaired) electrons. The summed E-state index contributed by atoms with van der Waals surface area (Å²) < 4.78 is 5.07. The van der Waals surface area contributed by atoms with Gasteiger partial charge in [0.05, 0.1) is 12.9 Å². The molecule has 2 heterocycles. The molecule has 0 aromatic heterocycles. The Hall–Kier alpha value is -0.830. The SMILES string of the molecule is O=C(CC1CCNCC1)C1=COCC1. The highest BCUT2D eigenvalue weighted by Crippen LogP contribution is 2.21. The highest BCUT2D eigenvalue weighted by Gasteiger charge is 2.20. The Balaban J connectivity index is 1.81. The molecule has 0 aliphatic carbocycles. The van der Waals surface area contributed by atoms with Gasteiger partial charge < -0.3 is 10.1 Å². The lowest BCUT2D eigenvalue weighted by atomic mass is 9.90. The van der Waals surface area contributed by atoms with E-state index in [1.54, 1.807) is 6.26 Å². The number of hydrogen-bond donors (Lipinski definition) is 1. The van der Waals surface area contributed by atoms with Gasteiger partial charge in [-0.15, -0.1) is 0 Å². The Labute approximate surface area is 84.5 Å². The Bertz CT molecular complexity index is 242. The molecule has 3 heteroatoms. The summed E-state index contributed by atoms with van der Waals surface area (Å²) in [7, 11) is 0. The van der Waals surface area contributed by atoms with Crippen LogP contribution >= 0.6 is 0 Å². The van der Waals surface area contributed by atoms with E-state index >= 15 is 0 Å². The van der Waals surface area contributed by atoms with E-state index in [0.29, 0.717) is 18.3 Å². The number of hydrogen-bond acceptors (Lipinski definition) is 3. The van der Waals surface area contributed by atoms with Crippen molar-refractivity contribution in [2.75, 3.05) is 19.7 Å². The number of piperidine rings is 1. The van der Waals surface area contributed by atoms with Gasteiger partial charge in [-0.3, -0.25) is 4.79 Å². The molecule has 2 aliphatic rings. The summed E-state index contributed by atoms with van der Waals surface area (Å²) in [5.74, 6) is 0.889. The van der Waals surface area contributed by atoms with E-state index in [0.717, 1.165) is 44.3 Å². The standard InChI is InChI=1S/C11H17NO2/c13-11(10-3-6-14-8-10)7-9-1-4-12-5-2-9/h8-9,12H,1-7H2. The van der Waals surface area contributed by atoms with E-state index in [9.17, 15) is 4.79 Å². The lowest BCUT2D eigenvalue weighted by Gasteiger charge is -2.21. The van der Waals surface area contributed by atoms with Crippen molar-refractivity contribution in [3.63, 3.8) is 0 Å². The molecule has 1 fully saturated rings. The number of Topliss-reactive ketones (excluding diaryl/α,β-unsaturated/α-hetero) is 1. The van der Waals surface area contributed by atoms with Gasteiger partial charge >= 0.3 is 0 Å². The van der Waals surface area contributed by atoms with Crippen molar-refractivity contribution in [3.05, 3.63) is 11.8 Å². The molecular formula is C11H17NO2. The van der Waals surface area contributed by atoms with Crippen LogP contribution in [0.3, 0.4) is 0 Å². The fraction of sp³-hybridized carbons (Fsp3) is 0.727. The lowest BCUT2D eigenvalue weighted by molar-refractivity contribution is -0.116. The molecule has 14 heavy (non-hydrogen) atoms. The maximum atomic E-state index is 11.7. The lowest BCUT2D eigenvalue weighted by Crippen LogP contribution is -2.29. The Morgan fingerprint density at radius 1 is 1.50 bits per heavy atom. The first kappa shape index (κ1) is 9.71. The molecule has 0 atom stereocenters. The van der Waals surface area contributed by atoms with Gasteiger partial charge in [-0.1, -0.05) is 0 Å². The van der Waals surface area contributed by atoms with Crippen LogP contribution in [-0.2, 0) is 9.53 Å². The minimum atomic E-state index is 0.300. The Morgan fingerprint density at radius 2 is 2.29 bits per heavy atom. The maximum absolute atomic E-state index is 11.7. The predicted molar refractivity (Wildman–Crippen MR) is 53.9 cm³/mol. The number of carbonyl (C=O) groups is 1. The first-order valence-electron chi connectivity index (χ1n) is 5.41. The maximum Gasteiger partial charge on any atom is 0.162 e. The summed E-state index contributed by atoms with van der Waals surface area (Å²) in [5, 5.41) is 3.31. The number of ether oxygens (including phenoxy) is 1. The van der Waals surface area contributed by atoms with Crippen molar-refractivity contribution in [2.45, 2.75) is 25.7 Å². The zero-order valence-electron chi connectivity index (χ0n) is 8.42. The van der Waals surface area contributed by atoms with Crippen LogP contribution < -0.4 is 5.32 Å². The van der Waals surface area contributed by atoms with Gasteiger partial charge in [-0.2, -0.15) is 0 Å². The zero-order valence-corrected chi connectivity index (χ0v) is 8.42. The molecule has 0 bridgehead atoms. The molecule has 0 amide bonds. The average molecular weight is 195 g/mol. The summed E-state index contributed by atoms with van der Waals surface area (Å²) in [5.41, 5.74) is 0.892. The van der Waals surface area contributed by atoms with E-state index in [2.05, 4.69) is 5.32 Å². The Kier molecular flexibility index (Phi) is 3.19. The minimum absolute atomic E-state index is 0.300. The molecule has 3 nitrogen and oxygen atoms in total. The molecule has 78 valence electrons. The highest BCUT2D eigenvalue weighted by molar-refractivity contribution is 5.95. The van der Waals surface area contributed by atoms with Crippen molar-refractivity contribution >= 4 is 5.78 Å². The fourth-order valence-corrected chi connectivity index (χ4v) is 2.07. The van der Waals surface area contributed by atoms with E-state index in [1.807, 2.05) is 0 Å². The fourth-order valence-electron chi connectivity index (χ4n) is 2.07. The summed E-state index contributed by atoms with van der Waals surface area (Å²) in [6, 6.07) is 0. The minimum Gasteiger partial charge on any atom is -0.500 e. The Morgan fingerprint density at radius 3 is 2.93 bits per heavy atom. The van der Waals surface area contributed by atoms with Crippen molar-refractivity contribution in [2.24, 2.45) is 5.92 Å². The van der Waals surface area contributed by atoms with Crippen LogP contribution in [0.4, 0.5) is 0 Å². The summed E-state index contributed by atoms with van der Waals surface area (Å²) in [6.45, 7) is 2.81. The first-order valence-corrected chi connectivity index (χ1v) is 5.41. The molecular weight excluding hydrogens is 178 g/mol. The third kappa shape index (κ3) is 2.35. The third-order valence-electron chi connectivity index (χ3n) is 3.01. The molecule has 1 N–H and O–H groups in total. The quantitative estimate of drug-likeness (QED) is 0.736. The zero-order chi connectivity index (χ0) is 9.80. The molecule has 2 rings (SSSR count). The van der Waals surface area contributed by atoms with Crippen LogP contribution in [0, 0.1) is 5.92 Å². The van der Waals surface area contributed by atoms with Gasteiger partial charge in [0.25, 0.3) is 0 Å². The van der Waals surface area contributed by atoms with Crippen LogP contribution in [0.2, 0.25) is 0 Å². The topological polar surface area (TPSA) is 38.3 Å². The normalized spacial score (nSPS) is 23.0. The van der Waals surface area contributed by atoms with E-state index in [1.165, 1.54) is 0 Å². The van der Waals surface area contributed by atoms with E-state index in [4.69, 9.17) is 4.74 Å². The predicted octanol–water partition coefficient (Wildman–Crippen LogP) is 1.25. The number of nitrogens with one attached hydrogen (secondary N) is 1. The molecule has 1 saturated heterocycles. The van der Waals surface area contributed by atoms with E-state index in [-0.39, 0.29) is 0 Å².